The molecule has 19 heavy (non-hydrogen) atoms. The maximum absolute atomic E-state index is 11.4. The predicted octanol–water partition coefficient (Wildman–Crippen LogP) is 0.872. The highest BCUT2D eigenvalue weighted by molar-refractivity contribution is 5.75. The number of nitrogens with one attached hydrogen (secondary N) is 1. The molecular formula is C14H18N4O. The first kappa shape index (κ1) is 13.3. The smallest absolute Gasteiger partial charge is 0.239 e. The average Bonchev–Trinajstić information content (AvgIpc) is 2.88. The van der Waals surface area contributed by atoms with Crippen molar-refractivity contribution in [2.45, 2.75) is 19.0 Å². The van der Waals surface area contributed by atoms with E-state index in [0.717, 1.165) is 12.1 Å². The molecule has 1 heterocycles. The van der Waals surface area contributed by atoms with E-state index in [1.165, 1.54) is 5.56 Å². The number of benzene rings is 1. The molecule has 2 aromatic rings. The lowest BCUT2D eigenvalue weighted by Gasteiger charge is -2.14. The van der Waals surface area contributed by atoms with Gasteiger partial charge in [-0.3, -0.25) is 4.79 Å². The minimum atomic E-state index is -0.172. The Balaban J connectivity index is 2.09. The van der Waals surface area contributed by atoms with Crippen LogP contribution in [-0.4, -0.2) is 22.5 Å². The lowest BCUT2D eigenvalue weighted by Crippen LogP contribution is -2.26. The van der Waals surface area contributed by atoms with E-state index < -0.39 is 0 Å². The van der Waals surface area contributed by atoms with Crippen LogP contribution in [0.1, 0.15) is 17.3 Å². The highest BCUT2D eigenvalue weighted by Gasteiger charge is 2.13. The molecule has 0 saturated heterocycles. The van der Waals surface area contributed by atoms with Crippen molar-refractivity contribution < 1.29 is 4.79 Å². The zero-order chi connectivity index (χ0) is 13.7. The molecule has 5 nitrogen and oxygen atoms in total. The number of aromatic nitrogens is 2. The van der Waals surface area contributed by atoms with Crippen LogP contribution in [0.3, 0.4) is 0 Å². The number of carbonyl (C=O) groups is 1. The van der Waals surface area contributed by atoms with E-state index in [1.54, 1.807) is 24.1 Å². The molecule has 1 atom stereocenters. The quantitative estimate of drug-likeness (QED) is 0.836. The van der Waals surface area contributed by atoms with Crippen LogP contribution < -0.4 is 11.1 Å². The van der Waals surface area contributed by atoms with Crippen LogP contribution >= 0.6 is 0 Å². The summed E-state index contributed by atoms with van der Waals surface area (Å²) in [6, 6.07) is 9.87. The Hall–Kier alpha value is -2.14. The summed E-state index contributed by atoms with van der Waals surface area (Å²) < 4.78 is 1.78. The Morgan fingerprint density at radius 1 is 1.42 bits per heavy atom. The van der Waals surface area contributed by atoms with E-state index in [1.807, 2.05) is 30.3 Å². The molecule has 0 radical (unpaired) electrons. The maximum Gasteiger partial charge on any atom is 0.239 e. The molecule has 100 valence electrons. The molecule has 0 spiro atoms. The van der Waals surface area contributed by atoms with E-state index >= 15 is 0 Å². The van der Waals surface area contributed by atoms with Gasteiger partial charge in [0.1, 0.15) is 6.54 Å². The van der Waals surface area contributed by atoms with Crippen LogP contribution in [0.4, 0.5) is 0 Å². The topological polar surface area (TPSA) is 72.9 Å². The second kappa shape index (κ2) is 6.15. The first-order valence-corrected chi connectivity index (χ1v) is 6.21. The second-order valence-corrected chi connectivity index (χ2v) is 4.42. The van der Waals surface area contributed by atoms with Gasteiger partial charge in [0, 0.05) is 13.2 Å². The van der Waals surface area contributed by atoms with E-state index in [9.17, 15) is 4.79 Å². The molecular weight excluding hydrogens is 240 g/mol. The van der Waals surface area contributed by atoms with E-state index in [2.05, 4.69) is 10.3 Å². The summed E-state index contributed by atoms with van der Waals surface area (Å²) in [6.45, 7) is 0.244. The van der Waals surface area contributed by atoms with Crippen LogP contribution in [0.25, 0.3) is 0 Å². The number of carbonyl (C=O) groups excluding carboxylic acids is 1. The number of hydrogen-bond acceptors (Lipinski definition) is 3. The van der Waals surface area contributed by atoms with Gasteiger partial charge in [0.15, 0.2) is 0 Å². The van der Waals surface area contributed by atoms with Crippen molar-refractivity contribution in [1.82, 2.24) is 14.9 Å². The molecule has 1 aromatic carbocycles. The molecule has 1 amide bonds. The standard InChI is InChI=1S/C14H18N4O/c1-16-14(19)9-18-10-17-8-13(18)12(15)7-11-5-3-2-4-6-11/h2-6,8,10,12H,7,9,15H2,1H3,(H,16,19)/t12-/m1/s1. The van der Waals surface area contributed by atoms with E-state index in [4.69, 9.17) is 5.73 Å². The molecule has 0 aliphatic heterocycles. The number of rotatable bonds is 5. The van der Waals surface area contributed by atoms with Crippen molar-refractivity contribution in [3.05, 3.63) is 54.1 Å². The average molecular weight is 258 g/mol. The number of hydrogen-bond donors (Lipinski definition) is 2. The first-order valence-electron chi connectivity index (χ1n) is 6.21. The van der Waals surface area contributed by atoms with Gasteiger partial charge in [-0.2, -0.15) is 0 Å². The predicted molar refractivity (Wildman–Crippen MR) is 73.4 cm³/mol. The summed E-state index contributed by atoms with van der Waals surface area (Å²) in [7, 11) is 1.61. The van der Waals surface area contributed by atoms with Crippen molar-refractivity contribution in [1.29, 1.82) is 0 Å². The van der Waals surface area contributed by atoms with Crippen LogP contribution in [0, 0.1) is 0 Å². The molecule has 0 bridgehead atoms. The van der Waals surface area contributed by atoms with Crippen LogP contribution in [0.5, 0.6) is 0 Å². The van der Waals surface area contributed by atoms with Crippen LogP contribution in [-0.2, 0) is 17.8 Å². The normalized spacial score (nSPS) is 12.1. The largest absolute Gasteiger partial charge is 0.358 e. The Kier molecular flexibility index (Phi) is 4.30. The second-order valence-electron chi connectivity index (χ2n) is 4.42. The van der Waals surface area contributed by atoms with Gasteiger partial charge < -0.3 is 15.6 Å². The van der Waals surface area contributed by atoms with Gasteiger partial charge in [0.05, 0.1) is 18.1 Å². The van der Waals surface area contributed by atoms with Crippen molar-refractivity contribution in [2.24, 2.45) is 5.73 Å². The summed E-state index contributed by atoms with van der Waals surface area (Å²) in [4.78, 5) is 15.5. The van der Waals surface area contributed by atoms with Gasteiger partial charge in [-0.1, -0.05) is 30.3 Å². The Morgan fingerprint density at radius 3 is 2.84 bits per heavy atom. The fraction of sp³-hybridized carbons (Fsp3) is 0.286. The van der Waals surface area contributed by atoms with Gasteiger partial charge in [0.2, 0.25) is 5.91 Å². The molecule has 0 unspecified atom stereocenters. The van der Waals surface area contributed by atoms with Crippen molar-refractivity contribution in [3.8, 4) is 0 Å². The summed E-state index contributed by atoms with van der Waals surface area (Å²) in [5.74, 6) is -0.0637. The molecule has 0 aliphatic rings. The minimum Gasteiger partial charge on any atom is -0.358 e. The molecule has 5 heteroatoms. The molecule has 0 saturated carbocycles. The molecule has 1 aromatic heterocycles. The number of amides is 1. The van der Waals surface area contributed by atoms with Crippen molar-refractivity contribution >= 4 is 5.91 Å². The zero-order valence-electron chi connectivity index (χ0n) is 10.9. The van der Waals surface area contributed by atoms with Gasteiger partial charge in [-0.15, -0.1) is 0 Å². The Labute approximate surface area is 112 Å². The SMILES string of the molecule is CNC(=O)Cn1cncc1[C@H](N)Cc1ccccc1. The number of imidazole rings is 1. The van der Waals surface area contributed by atoms with Crippen LogP contribution in [0.2, 0.25) is 0 Å². The highest BCUT2D eigenvalue weighted by Crippen LogP contribution is 2.15. The van der Waals surface area contributed by atoms with Crippen LogP contribution in [0.15, 0.2) is 42.9 Å². The molecule has 2 rings (SSSR count). The molecule has 3 N–H and O–H groups in total. The van der Waals surface area contributed by atoms with Crippen molar-refractivity contribution in [2.75, 3.05) is 7.05 Å². The fourth-order valence-corrected chi connectivity index (χ4v) is 1.98. The number of likely N-dealkylation sites (N-methyl/N-ethyl adjacent to an activating group) is 1. The van der Waals surface area contributed by atoms with Gasteiger partial charge in [-0.25, -0.2) is 4.98 Å². The molecule has 0 fully saturated rings. The van der Waals surface area contributed by atoms with Gasteiger partial charge in [-0.05, 0) is 12.0 Å². The highest BCUT2D eigenvalue weighted by atomic mass is 16.1. The number of nitrogens with zero attached hydrogens (tertiary/aromatic N) is 2. The van der Waals surface area contributed by atoms with Gasteiger partial charge >= 0.3 is 0 Å². The summed E-state index contributed by atoms with van der Waals surface area (Å²) in [5, 5.41) is 2.59. The molecule has 0 aliphatic carbocycles. The lowest BCUT2D eigenvalue weighted by atomic mass is 10.0. The monoisotopic (exact) mass is 258 g/mol. The first-order chi connectivity index (χ1) is 9.20. The number of nitrogens with two attached hydrogens (primary N) is 1. The third-order valence-electron chi connectivity index (χ3n) is 3.02. The summed E-state index contributed by atoms with van der Waals surface area (Å²) in [6.07, 6.45) is 4.08. The van der Waals surface area contributed by atoms with Crippen molar-refractivity contribution in [3.63, 3.8) is 0 Å². The zero-order valence-corrected chi connectivity index (χ0v) is 10.9. The summed E-state index contributed by atoms with van der Waals surface area (Å²) >= 11 is 0. The Morgan fingerprint density at radius 2 is 2.16 bits per heavy atom. The summed E-state index contributed by atoms with van der Waals surface area (Å²) in [5.41, 5.74) is 8.23. The maximum atomic E-state index is 11.4. The van der Waals surface area contributed by atoms with E-state index in [-0.39, 0.29) is 18.5 Å². The third kappa shape index (κ3) is 3.42. The lowest BCUT2D eigenvalue weighted by molar-refractivity contribution is -0.121. The minimum absolute atomic E-state index is 0.0637. The third-order valence-corrected chi connectivity index (χ3v) is 3.02. The fourth-order valence-electron chi connectivity index (χ4n) is 1.98. The van der Waals surface area contributed by atoms with Gasteiger partial charge in [0.25, 0.3) is 0 Å². The Bertz CT molecular complexity index is 535. The van der Waals surface area contributed by atoms with E-state index in [0.29, 0.717) is 0 Å².